The van der Waals surface area contributed by atoms with Gasteiger partial charge in [-0.3, -0.25) is 4.57 Å². The van der Waals surface area contributed by atoms with Crippen molar-refractivity contribution >= 4 is 61.4 Å². The fourth-order valence-electron chi connectivity index (χ4n) is 8.88. The summed E-state index contributed by atoms with van der Waals surface area (Å²) in [7, 11) is 0. The number of hydrogen-bond acceptors (Lipinski definition) is 4. The lowest BCUT2D eigenvalue weighted by molar-refractivity contribution is 0.996. The van der Waals surface area contributed by atoms with Gasteiger partial charge in [0.2, 0.25) is 5.95 Å². The van der Waals surface area contributed by atoms with Crippen LogP contribution in [0.15, 0.2) is 228 Å². The predicted octanol–water partition coefficient (Wildman–Crippen LogP) is 15.3. The van der Waals surface area contributed by atoms with Gasteiger partial charge in [0.15, 0.2) is 0 Å². The summed E-state index contributed by atoms with van der Waals surface area (Å²) in [6, 6.07) is 78.0. The summed E-state index contributed by atoms with van der Waals surface area (Å²) in [5.41, 5.74) is 14.2. The Labute approximate surface area is 358 Å². The van der Waals surface area contributed by atoms with E-state index in [0.29, 0.717) is 5.95 Å². The molecule has 61 heavy (non-hydrogen) atoms. The normalized spacial score (nSPS) is 12.2. The Morgan fingerprint density at radius 3 is 1.70 bits per heavy atom. The molecular weight excluding hydrogens is 761 g/mol. The van der Waals surface area contributed by atoms with E-state index in [2.05, 4.69) is 222 Å². The van der Waals surface area contributed by atoms with E-state index in [9.17, 15) is 0 Å². The number of anilines is 3. The molecule has 9 aromatic carbocycles. The maximum absolute atomic E-state index is 5.38. The molecule has 5 heteroatoms. The van der Waals surface area contributed by atoms with Crippen molar-refractivity contribution in [2.75, 3.05) is 4.90 Å². The van der Waals surface area contributed by atoms with E-state index in [-0.39, 0.29) is 0 Å². The molecule has 12 rings (SSSR count). The van der Waals surface area contributed by atoms with Crippen LogP contribution in [0.4, 0.5) is 17.1 Å². The van der Waals surface area contributed by atoms with Crippen LogP contribution in [0.3, 0.4) is 0 Å². The summed E-state index contributed by atoms with van der Waals surface area (Å²) in [5.74, 6) is 0.636. The lowest BCUT2D eigenvalue weighted by atomic mass is 9.99. The first kappa shape index (κ1) is 35.2. The van der Waals surface area contributed by atoms with Crippen molar-refractivity contribution in [3.05, 3.63) is 218 Å². The Hall–Kier alpha value is -7.73. The van der Waals surface area contributed by atoms with Crippen molar-refractivity contribution in [3.8, 4) is 50.7 Å². The molecule has 3 heterocycles. The fraction of sp³-hybridized carbons (Fsp3) is 0. The number of benzene rings is 9. The third kappa shape index (κ3) is 6.09. The topological polar surface area (TPSA) is 34.0 Å². The Balaban J connectivity index is 1.04. The van der Waals surface area contributed by atoms with Gasteiger partial charge in [0.05, 0.1) is 33.8 Å². The molecule has 0 spiro atoms. The summed E-state index contributed by atoms with van der Waals surface area (Å²) >= 11 is 1.84. The first-order valence-corrected chi connectivity index (χ1v) is 21.4. The quantitative estimate of drug-likeness (QED) is 0.168. The molecule has 0 atom stereocenters. The van der Waals surface area contributed by atoms with Crippen LogP contribution < -0.4 is 4.90 Å². The molecule has 0 saturated heterocycles. The fourth-order valence-corrected chi connectivity index (χ4v) is 9.98. The maximum Gasteiger partial charge on any atom is 0.235 e. The highest BCUT2D eigenvalue weighted by molar-refractivity contribution is 7.99. The second-order valence-electron chi connectivity index (χ2n) is 15.4. The Bertz CT molecular complexity index is 3430. The van der Waals surface area contributed by atoms with E-state index >= 15 is 0 Å². The van der Waals surface area contributed by atoms with Crippen molar-refractivity contribution in [1.29, 1.82) is 0 Å². The molecule has 1 aliphatic heterocycles. The zero-order valence-electron chi connectivity index (χ0n) is 33.0. The summed E-state index contributed by atoms with van der Waals surface area (Å²) < 4.78 is 2.26. The smallest absolute Gasteiger partial charge is 0.235 e. The van der Waals surface area contributed by atoms with Crippen LogP contribution in [0, 0.1) is 0 Å². The molecule has 0 unspecified atom stereocenters. The lowest BCUT2D eigenvalue weighted by Crippen LogP contribution is -2.14. The first-order chi connectivity index (χ1) is 30.2. The predicted molar refractivity (Wildman–Crippen MR) is 254 cm³/mol. The number of aromatic nitrogens is 3. The van der Waals surface area contributed by atoms with E-state index in [1.165, 1.54) is 54.0 Å². The molecule has 0 radical (unpaired) electrons. The zero-order chi connectivity index (χ0) is 40.3. The molecule has 0 saturated carbocycles. The average molecular weight is 797 g/mol. The highest BCUT2D eigenvalue weighted by Crippen LogP contribution is 2.52. The maximum atomic E-state index is 5.38. The van der Waals surface area contributed by atoms with Gasteiger partial charge in [0, 0.05) is 37.4 Å². The second-order valence-corrected chi connectivity index (χ2v) is 16.5. The number of rotatable bonds is 6. The van der Waals surface area contributed by atoms with Gasteiger partial charge in [-0.15, -0.1) is 0 Å². The number of fused-ring (bicyclic) bond motifs is 7. The van der Waals surface area contributed by atoms with Crippen LogP contribution in [0.1, 0.15) is 0 Å². The van der Waals surface area contributed by atoms with Crippen molar-refractivity contribution in [2.45, 2.75) is 9.79 Å². The molecule has 0 bridgehead atoms. The molecule has 0 N–H and O–H groups in total. The summed E-state index contributed by atoms with van der Waals surface area (Å²) in [6.45, 7) is 0. The number of para-hydroxylation sites is 2. The van der Waals surface area contributed by atoms with Gasteiger partial charge in [-0.2, -0.15) is 0 Å². The van der Waals surface area contributed by atoms with Crippen molar-refractivity contribution in [2.24, 2.45) is 0 Å². The minimum Gasteiger partial charge on any atom is -0.308 e. The van der Waals surface area contributed by atoms with Crippen molar-refractivity contribution < 1.29 is 0 Å². The van der Waals surface area contributed by atoms with E-state index < -0.39 is 0 Å². The summed E-state index contributed by atoms with van der Waals surface area (Å²) in [5, 5.41) is 4.75. The highest BCUT2D eigenvalue weighted by atomic mass is 32.2. The van der Waals surface area contributed by atoms with Crippen LogP contribution in [0.5, 0.6) is 0 Å². The zero-order valence-corrected chi connectivity index (χ0v) is 33.8. The highest BCUT2D eigenvalue weighted by Gasteiger charge is 2.26. The van der Waals surface area contributed by atoms with Crippen LogP contribution in [0.2, 0.25) is 0 Å². The lowest BCUT2D eigenvalue weighted by Gasteiger charge is -2.33. The van der Waals surface area contributed by atoms with E-state index in [1.807, 2.05) is 17.8 Å². The van der Waals surface area contributed by atoms with Crippen LogP contribution >= 0.6 is 11.8 Å². The van der Waals surface area contributed by atoms with Crippen LogP contribution in [0.25, 0.3) is 83.3 Å². The molecule has 0 amide bonds. The van der Waals surface area contributed by atoms with Crippen LogP contribution in [-0.2, 0) is 0 Å². The van der Waals surface area contributed by atoms with Crippen molar-refractivity contribution in [1.82, 2.24) is 14.5 Å². The third-order valence-electron chi connectivity index (χ3n) is 11.8. The standard InChI is InChI=1S/C56H36N4S/c1-4-14-37(15-5-1)38-24-26-41(27-25-38)48-36-47(40-17-6-2-7-18-40)57-56(58-48)60-49-31-29-42(34-46(49)55-45-21-11-10-16-39(45)28-33-52(55)60)43-30-32-51-54(35-43)61-53-23-13-12-22-50(53)59(51)44-19-8-3-9-20-44/h1-36H. The van der Waals surface area contributed by atoms with E-state index in [0.717, 1.165) is 50.2 Å². The molecule has 11 aromatic rings. The summed E-state index contributed by atoms with van der Waals surface area (Å²) in [4.78, 5) is 15.6. The van der Waals surface area contributed by atoms with Crippen molar-refractivity contribution in [3.63, 3.8) is 0 Å². The van der Waals surface area contributed by atoms with Gasteiger partial charge >= 0.3 is 0 Å². The SMILES string of the molecule is c1ccc(-c2ccc(-c3cc(-c4ccccc4)nc(-n4c5ccc(-c6ccc7c(c6)Sc6ccccc6N7c6ccccc6)cc5c5c6ccccc6ccc54)n3)cc2)cc1. The first-order valence-electron chi connectivity index (χ1n) is 20.6. The van der Waals surface area contributed by atoms with Crippen LogP contribution in [-0.4, -0.2) is 14.5 Å². The van der Waals surface area contributed by atoms with Gasteiger partial charge in [0.25, 0.3) is 0 Å². The minimum absolute atomic E-state index is 0.636. The van der Waals surface area contributed by atoms with Gasteiger partial charge in [0.1, 0.15) is 0 Å². The van der Waals surface area contributed by atoms with E-state index in [1.54, 1.807) is 0 Å². The number of nitrogens with zero attached hydrogens (tertiary/aromatic N) is 4. The Morgan fingerprint density at radius 1 is 0.361 bits per heavy atom. The average Bonchev–Trinajstić information content (AvgIpc) is 3.68. The Kier molecular flexibility index (Phi) is 8.39. The summed E-state index contributed by atoms with van der Waals surface area (Å²) in [6.07, 6.45) is 0. The largest absolute Gasteiger partial charge is 0.308 e. The second kappa shape index (κ2) is 14.5. The van der Waals surface area contributed by atoms with E-state index in [4.69, 9.17) is 9.97 Å². The van der Waals surface area contributed by atoms with Gasteiger partial charge in [-0.05, 0) is 93.7 Å². The van der Waals surface area contributed by atoms with Gasteiger partial charge in [-0.1, -0.05) is 169 Å². The monoisotopic (exact) mass is 796 g/mol. The van der Waals surface area contributed by atoms with Gasteiger partial charge < -0.3 is 4.90 Å². The molecule has 1 aliphatic rings. The third-order valence-corrected chi connectivity index (χ3v) is 12.9. The minimum atomic E-state index is 0.636. The molecule has 4 nitrogen and oxygen atoms in total. The molecule has 0 fully saturated rings. The van der Waals surface area contributed by atoms with Gasteiger partial charge in [-0.25, -0.2) is 9.97 Å². The number of hydrogen-bond donors (Lipinski definition) is 0. The molecule has 286 valence electrons. The molecular formula is C56H36N4S. The molecule has 0 aliphatic carbocycles. The Morgan fingerprint density at radius 2 is 0.918 bits per heavy atom. The molecule has 2 aromatic heterocycles.